The number of urea groups is 1. The summed E-state index contributed by atoms with van der Waals surface area (Å²) in [5.74, 6) is 0.281. The lowest BCUT2D eigenvalue weighted by atomic mass is 10.0. The van der Waals surface area contributed by atoms with E-state index in [2.05, 4.69) is 26.0 Å². The van der Waals surface area contributed by atoms with Gasteiger partial charge in [0, 0.05) is 45.4 Å². The number of carbonyl (C=O) groups is 1. The molecule has 1 aromatic heterocycles. The number of benzene rings is 1. The predicted octanol–water partition coefficient (Wildman–Crippen LogP) is 4.39. The molecule has 37 heavy (non-hydrogen) atoms. The summed E-state index contributed by atoms with van der Waals surface area (Å²) < 4.78 is 7.11. The molecule has 2 aromatic rings. The van der Waals surface area contributed by atoms with Gasteiger partial charge in [0.15, 0.2) is 0 Å². The average molecular weight is 510 g/mol. The van der Waals surface area contributed by atoms with Crippen molar-refractivity contribution in [3.63, 3.8) is 0 Å². The predicted molar refractivity (Wildman–Crippen MR) is 152 cm³/mol. The van der Waals surface area contributed by atoms with Crippen molar-refractivity contribution in [3.8, 4) is 11.1 Å². The molecule has 0 radical (unpaired) electrons. The summed E-state index contributed by atoms with van der Waals surface area (Å²) in [7, 11) is 3.22. The monoisotopic (exact) mass is 509 g/mol. The van der Waals surface area contributed by atoms with Gasteiger partial charge in [-0.15, -0.1) is 0 Å². The maximum Gasteiger partial charge on any atom is 0.321 e. The minimum atomic E-state index is -0.462. The number of carbonyl (C=O) groups excluding carboxylic acids is 1. The summed E-state index contributed by atoms with van der Waals surface area (Å²) in [4.78, 5) is 29.1. The Hall–Kier alpha value is -3.92. The molecule has 10 nitrogen and oxygen atoms in total. The lowest BCUT2D eigenvalue weighted by molar-refractivity contribution is 0.00739. The Kier molecular flexibility index (Phi) is 11.1. The van der Waals surface area contributed by atoms with E-state index < -0.39 is 5.60 Å². The summed E-state index contributed by atoms with van der Waals surface area (Å²) in [6, 6.07) is 8.87. The van der Waals surface area contributed by atoms with Gasteiger partial charge in [0.1, 0.15) is 0 Å². The summed E-state index contributed by atoms with van der Waals surface area (Å²) in [5.41, 5.74) is 2.41. The van der Waals surface area contributed by atoms with Crippen molar-refractivity contribution in [1.29, 1.82) is 0 Å². The third-order valence-electron chi connectivity index (χ3n) is 5.45. The smallest absolute Gasteiger partial charge is 0.321 e. The van der Waals surface area contributed by atoms with Gasteiger partial charge < -0.3 is 19.9 Å². The molecule has 0 unspecified atom stereocenters. The Morgan fingerprint density at radius 1 is 1.19 bits per heavy atom. The van der Waals surface area contributed by atoms with Crippen molar-refractivity contribution in [2.75, 3.05) is 31.0 Å². The summed E-state index contributed by atoms with van der Waals surface area (Å²) in [5, 5.41) is 14.8. The first kappa shape index (κ1) is 29.3. The van der Waals surface area contributed by atoms with E-state index in [1.807, 2.05) is 71.2 Å². The molecule has 0 saturated carbocycles. The van der Waals surface area contributed by atoms with E-state index in [0.29, 0.717) is 24.5 Å². The van der Waals surface area contributed by atoms with Crippen LogP contribution in [0.3, 0.4) is 0 Å². The van der Waals surface area contributed by atoms with E-state index in [1.165, 1.54) is 0 Å². The second-order valence-corrected chi connectivity index (χ2v) is 8.77. The molecule has 3 N–H and O–H groups in total. The lowest BCUT2D eigenvalue weighted by Crippen LogP contribution is -2.42. The van der Waals surface area contributed by atoms with Gasteiger partial charge in [0.25, 0.3) is 5.56 Å². The summed E-state index contributed by atoms with van der Waals surface area (Å²) >= 11 is 0. The maximum atomic E-state index is 12.9. The molecular weight excluding hydrogens is 470 g/mol. The quantitative estimate of drug-likeness (QED) is 0.250. The fourth-order valence-corrected chi connectivity index (χ4v) is 3.39. The van der Waals surface area contributed by atoms with Crippen LogP contribution in [0.1, 0.15) is 41.0 Å². The number of ether oxygens (including phenoxy) is 1. The normalized spacial score (nSPS) is 12.2. The molecule has 1 heterocycles. The van der Waals surface area contributed by atoms with Crippen molar-refractivity contribution in [3.05, 3.63) is 59.2 Å². The molecule has 0 bridgehead atoms. The van der Waals surface area contributed by atoms with E-state index in [9.17, 15) is 9.59 Å². The van der Waals surface area contributed by atoms with Crippen molar-refractivity contribution >= 4 is 29.6 Å². The number of hydrogen-bond acceptors (Lipinski definition) is 6. The zero-order chi connectivity index (χ0) is 27.4. The van der Waals surface area contributed by atoms with Crippen LogP contribution in [-0.2, 0) is 11.3 Å². The number of rotatable bonds is 10. The van der Waals surface area contributed by atoms with Crippen molar-refractivity contribution in [1.82, 2.24) is 15.2 Å². The van der Waals surface area contributed by atoms with E-state index in [4.69, 9.17) is 4.74 Å². The van der Waals surface area contributed by atoms with E-state index in [1.54, 1.807) is 42.2 Å². The highest BCUT2D eigenvalue weighted by Gasteiger charge is 2.18. The molecule has 200 valence electrons. The van der Waals surface area contributed by atoms with Gasteiger partial charge >= 0.3 is 6.03 Å². The fraction of sp³-hybridized carbons (Fsp3) is 0.407. The molecule has 10 heteroatoms. The van der Waals surface area contributed by atoms with E-state index >= 15 is 0 Å². The number of allylic oxidation sites excluding steroid dienone is 1. The molecule has 0 saturated heterocycles. The van der Waals surface area contributed by atoms with Crippen molar-refractivity contribution in [2.45, 2.75) is 53.2 Å². The minimum Gasteiger partial charge on any atom is -0.377 e. The van der Waals surface area contributed by atoms with Gasteiger partial charge in [-0.05, 0) is 63.4 Å². The number of guanidine groups is 1. The Balaban J connectivity index is 2.53. The molecule has 0 aliphatic heterocycles. The SMILES string of the molecule is C/C=N\N(/C=C\CC)c1cc(-c2ccn(CC(C)(C)OC)c(=O)c2)ccc1NC(=NC)NC(=O)NCC. The van der Waals surface area contributed by atoms with Crippen LogP contribution in [0.4, 0.5) is 16.2 Å². The molecule has 0 atom stereocenters. The second kappa shape index (κ2) is 14.0. The van der Waals surface area contributed by atoms with Crippen molar-refractivity contribution in [2.24, 2.45) is 10.1 Å². The third kappa shape index (κ3) is 8.60. The number of hydrazone groups is 1. The molecule has 0 fully saturated rings. The Morgan fingerprint density at radius 2 is 1.92 bits per heavy atom. The first-order valence-electron chi connectivity index (χ1n) is 12.3. The lowest BCUT2D eigenvalue weighted by Gasteiger charge is -2.24. The highest BCUT2D eigenvalue weighted by molar-refractivity contribution is 6.05. The Morgan fingerprint density at radius 3 is 2.51 bits per heavy atom. The third-order valence-corrected chi connectivity index (χ3v) is 5.45. The number of pyridine rings is 1. The van der Waals surface area contributed by atoms with Gasteiger partial charge in [-0.3, -0.25) is 15.1 Å². The van der Waals surface area contributed by atoms with Gasteiger partial charge in [-0.2, -0.15) is 5.10 Å². The zero-order valence-electron chi connectivity index (χ0n) is 22.8. The van der Waals surface area contributed by atoms with Crippen LogP contribution in [0.2, 0.25) is 0 Å². The average Bonchev–Trinajstić information content (AvgIpc) is 2.87. The van der Waals surface area contributed by atoms with Crippen LogP contribution >= 0.6 is 0 Å². The number of aromatic nitrogens is 1. The molecular formula is C27H39N7O3. The summed E-state index contributed by atoms with van der Waals surface area (Å²) in [6.45, 7) is 10.5. The van der Waals surface area contributed by atoms with Gasteiger partial charge in [-0.25, -0.2) is 9.80 Å². The molecule has 0 aliphatic rings. The number of anilines is 2. The van der Waals surface area contributed by atoms with Gasteiger partial charge in [0.2, 0.25) is 5.96 Å². The fourth-order valence-electron chi connectivity index (χ4n) is 3.39. The molecule has 2 amide bonds. The van der Waals surface area contributed by atoms with Crippen LogP contribution in [-0.4, -0.2) is 49.1 Å². The molecule has 2 rings (SSSR count). The first-order chi connectivity index (χ1) is 17.7. The Bertz CT molecular complexity index is 1200. The van der Waals surface area contributed by atoms with Crippen molar-refractivity contribution < 1.29 is 9.53 Å². The van der Waals surface area contributed by atoms with Crippen LogP contribution in [0, 0.1) is 0 Å². The highest BCUT2D eigenvalue weighted by atomic mass is 16.5. The molecule has 0 aliphatic carbocycles. The van der Waals surface area contributed by atoms with E-state index in [-0.39, 0.29) is 17.5 Å². The van der Waals surface area contributed by atoms with Crippen LogP contribution < -0.4 is 26.5 Å². The van der Waals surface area contributed by atoms with Gasteiger partial charge in [0.05, 0.1) is 23.5 Å². The standard InChI is InChI=1S/C27H39N7O3/c1-8-11-15-34(30-10-3)23-17-20(12-13-22(23)31-25(28-6)32-26(36)29-9-2)21-14-16-33(24(35)18-21)19-27(4,5)37-7/h10-18H,8-9,19H2,1-7H3,(H3,28,29,31,32,36)/b15-11-,30-10-. The molecule has 1 aromatic carbocycles. The number of aliphatic imine (C=N–C) groups is 1. The highest BCUT2D eigenvalue weighted by Crippen LogP contribution is 2.32. The largest absolute Gasteiger partial charge is 0.377 e. The van der Waals surface area contributed by atoms with Crippen LogP contribution in [0.15, 0.2) is 63.7 Å². The van der Waals surface area contributed by atoms with Crippen LogP contribution in [0.5, 0.6) is 0 Å². The zero-order valence-corrected chi connectivity index (χ0v) is 22.8. The minimum absolute atomic E-state index is 0.118. The number of hydrogen-bond donors (Lipinski definition) is 3. The number of nitrogens with one attached hydrogen (secondary N) is 3. The van der Waals surface area contributed by atoms with Crippen LogP contribution in [0.25, 0.3) is 11.1 Å². The molecule has 0 spiro atoms. The number of methoxy groups -OCH3 is 1. The summed E-state index contributed by atoms with van der Waals surface area (Å²) in [6.07, 6.45) is 8.16. The number of nitrogens with zero attached hydrogens (tertiary/aromatic N) is 4. The Labute approximate surface area is 219 Å². The first-order valence-corrected chi connectivity index (χ1v) is 12.3. The maximum absolute atomic E-state index is 12.9. The second-order valence-electron chi connectivity index (χ2n) is 8.77. The van der Waals surface area contributed by atoms with Gasteiger partial charge in [-0.1, -0.05) is 19.1 Å². The topological polar surface area (TPSA) is 112 Å². The van der Waals surface area contributed by atoms with E-state index in [0.717, 1.165) is 17.5 Å². The number of amides is 2.